The van der Waals surface area contributed by atoms with E-state index in [9.17, 15) is 0 Å². The summed E-state index contributed by atoms with van der Waals surface area (Å²) in [5.74, 6) is 1.03. The minimum absolute atomic E-state index is 0.395. The van der Waals surface area contributed by atoms with Crippen LogP contribution >= 0.6 is 0 Å². The summed E-state index contributed by atoms with van der Waals surface area (Å²) in [5.41, 5.74) is 6.02. The summed E-state index contributed by atoms with van der Waals surface area (Å²) in [6, 6.07) is 16.3. The van der Waals surface area contributed by atoms with Gasteiger partial charge in [-0.25, -0.2) is 0 Å². The fourth-order valence-electron chi connectivity index (χ4n) is 5.70. The van der Waals surface area contributed by atoms with Gasteiger partial charge in [0.05, 0.1) is 29.1 Å². The highest BCUT2D eigenvalue weighted by Gasteiger charge is 2.31. The van der Waals surface area contributed by atoms with Crippen molar-refractivity contribution in [2.75, 3.05) is 36.0 Å². The summed E-state index contributed by atoms with van der Waals surface area (Å²) in [5, 5.41) is 14.3. The van der Waals surface area contributed by atoms with Crippen molar-refractivity contribution in [3.8, 4) is 11.1 Å². The highest BCUT2D eigenvalue weighted by Crippen LogP contribution is 2.43. The summed E-state index contributed by atoms with van der Waals surface area (Å²) in [4.78, 5) is 4.91. The molecule has 7 nitrogen and oxygen atoms in total. The number of hydrogen-bond acceptors (Lipinski definition) is 5. The van der Waals surface area contributed by atoms with E-state index in [1.165, 1.54) is 27.9 Å². The van der Waals surface area contributed by atoms with Crippen molar-refractivity contribution in [2.24, 2.45) is 7.05 Å². The molecule has 0 aliphatic carbocycles. The molecule has 1 fully saturated rings. The molecule has 1 N–H and O–H groups in total. The molecule has 2 aliphatic rings. The van der Waals surface area contributed by atoms with Crippen molar-refractivity contribution in [3.05, 3.63) is 54.9 Å². The van der Waals surface area contributed by atoms with Crippen LogP contribution in [0.1, 0.15) is 32.7 Å². The maximum Gasteiger partial charge on any atom is 0.163 e. The van der Waals surface area contributed by atoms with Crippen LogP contribution in [0.5, 0.6) is 0 Å². The van der Waals surface area contributed by atoms with Crippen molar-refractivity contribution in [2.45, 2.75) is 38.8 Å². The second-order valence-corrected chi connectivity index (χ2v) is 9.60. The third kappa shape index (κ3) is 3.46. The molecule has 1 saturated heterocycles. The first-order valence-corrected chi connectivity index (χ1v) is 12.5. The minimum atomic E-state index is 0.395. The molecule has 0 spiro atoms. The summed E-state index contributed by atoms with van der Waals surface area (Å²) in [6.07, 6.45) is 6.51. The van der Waals surface area contributed by atoms with Crippen molar-refractivity contribution >= 4 is 28.1 Å². The van der Waals surface area contributed by atoms with Gasteiger partial charge in [-0.05, 0) is 69.6 Å². The molecule has 0 unspecified atom stereocenters. The van der Waals surface area contributed by atoms with E-state index in [1.807, 2.05) is 17.9 Å². The predicted molar refractivity (Wildman–Crippen MR) is 139 cm³/mol. The molecule has 0 radical (unpaired) electrons. The molecule has 34 heavy (non-hydrogen) atoms. The lowest BCUT2D eigenvalue weighted by atomic mass is 10.0. The Morgan fingerprint density at radius 1 is 1.03 bits per heavy atom. The molecular formula is C27H33N7. The quantitative estimate of drug-likeness (QED) is 0.482. The van der Waals surface area contributed by atoms with Crippen LogP contribution in [0, 0.1) is 0 Å². The SMILES string of the molecule is CCN1c2ccc(-c3cnn(C4CCNCC4)c3)cc2N(c2nn(C)c3ccccc23)C[C@@H]1C. The number of aryl methyl sites for hydroxylation is 1. The third-order valence-corrected chi connectivity index (χ3v) is 7.51. The van der Waals surface area contributed by atoms with Gasteiger partial charge in [-0.2, -0.15) is 10.2 Å². The van der Waals surface area contributed by atoms with Gasteiger partial charge in [-0.1, -0.05) is 18.2 Å². The monoisotopic (exact) mass is 455 g/mol. The maximum absolute atomic E-state index is 4.97. The van der Waals surface area contributed by atoms with Crippen LogP contribution < -0.4 is 15.1 Å². The zero-order valence-corrected chi connectivity index (χ0v) is 20.3. The Morgan fingerprint density at radius 3 is 2.68 bits per heavy atom. The number of anilines is 3. The normalized spacial score (nSPS) is 19.1. The molecule has 7 heteroatoms. The molecule has 0 bridgehead atoms. The number of hydrogen-bond donors (Lipinski definition) is 1. The molecule has 4 heterocycles. The summed E-state index contributed by atoms with van der Waals surface area (Å²) < 4.78 is 4.16. The van der Waals surface area contributed by atoms with Crippen LogP contribution in [0.2, 0.25) is 0 Å². The van der Waals surface area contributed by atoms with E-state index in [-0.39, 0.29) is 0 Å². The van der Waals surface area contributed by atoms with Crippen molar-refractivity contribution < 1.29 is 0 Å². The first kappa shape index (κ1) is 21.2. The number of para-hydroxylation sites is 1. The van der Waals surface area contributed by atoms with Crippen LogP contribution in [0.25, 0.3) is 22.0 Å². The lowest BCUT2D eigenvalue weighted by Crippen LogP contribution is -2.46. The zero-order chi connectivity index (χ0) is 23.2. The maximum atomic E-state index is 4.97. The molecule has 0 saturated carbocycles. The Bertz CT molecular complexity index is 1310. The molecule has 4 aromatic rings. The van der Waals surface area contributed by atoms with Crippen LogP contribution in [-0.2, 0) is 7.05 Å². The van der Waals surface area contributed by atoms with E-state index in [0.29, 0.717) is 12.1 Å². The van der Waals surface area contributed by atoms with Crippen molar-refractivity contribution in [1.82, 2.24) is 24.9 Å². The van der Waals surface area contributed by atoms with Gasteiger partial charge in [0.15, 0.2) is 5.82 Å². The van der Waals surface area contributed by atoms with Gasteiger partial charge in [0.1, 0.15) is 0 Å². The Hall–Kier alpha value is -3.32. The van der Waals surface area contributed by atoms with Crippen LogP contribution in [0.3, 0.4) is 0 Å². The van der Waals surface area contributed by atoms with Gasteiger partial charge >= 0.3 is 0 Å². The van der Waals surface area contributed by atoms with Gasteiger partial charge in [-0.3, -0.25) is 9.36 Å². The predicted octanol–water partition coefficient (Wildman–Crippen LogP) is 4.73. The van der Waals surface area contributed by atoms with E-state index in [1.54, 1.807) is 0 Å². The first-order chi connectivity index (χ1) is 16.6. The Balaban J connectivity index is 1.44. The zero-order valence-electron chi connectivity index (χ0n) is 20.3. The summed E-state index contributed by atoms with van der Waals surface area (Å²) in [6.45, 7) is 8.57. The molecular weight excluding hydrogens is 422 g/mol. The minimum Gasteiger partial charge on any atom is -0.366 e. The number of piperidine rings is 1. The molecule has 2 aliphatic heterocycles. The largest absolute Gasteiger partial charge is 0.366 e. The summed E-state index contributed by atoms with van der Waals surface area (Å²) >= 11 is 0. The number of nitrogens with one attached hydrogen (secondary N) is 1. The Kier molecular flexibility index (Phi) is 5.29. The van der Waals surface area contributed by atoms with Crippen LogP contribution in [0.15, 0.2) is 54.9 Å². The van der Waals surface area contributed by atoms with Gasteiger partial charge in [0, 0.05) is 43.3 Å². The average Bonchev–Trinajstić information content (AvgIpc) is 3.50. The van der Waals surface area contributed by atoms with Crippen molar-refractivity contribution in [3.63, 3.8) is 0 Å². The van der Waals surface area contributed by atoms with E-state index < -0.39 is 0 Å². The highest BCUT2D eigenvalue weighted by molar-refractivity contribution is 5.95. The second-order valence-electron chi connectivity index (χ2n) is 9.60. The fraction of sp³-hybridized carbons (Fsp3) is 0.407. The standard InChI is InChI=1S/C27H33N7/c1-4-32-19(2)17-33(27-23-7-5-6-8-24(23)31(3)30-27)26-15-20(9-10-25(26)32)21-16-29-34(18-21)22-11-13-28-14-12-22/h5-10,15-16,18-19,22,28H,4,11-14,17H2,1-3H3/t19-/m0/s1. The van der Waals surface area contributed by atoms with E-state index >= 15 is 0 Å². The van der Waals surface area contributed by atoms with Gasteiger partial charge < -0.3 is 15.1 Å². The number of fused-ring (bicyclic) bond motifs is 2. The number of likely N-dealkylation sites (N-methyl/N-ethyl adjacent to an activating group) is 1. The number of rotatable bonds is 4. The first-order valence-electron chi connectivity index (χ1n) is 12.5. The van der Waals surface area contributed by atoms with Crippen LogP contribution in [-0.4, -0.2) is 51.8 Å². The van der Waals surface area contributed by atoms with Gasteiger partial charge in [0.25, 0.3) is 0 Å². The highest BCUT2D eigenvalue weighted by atomic mass is 15.4. The molecule has 2 aromatic heterocycles. The van der Waals surface area contributed by atoms with E-state index in [2.05, 4.69) is 82.3 Å². The van der Waals surface area contributed by atoms with E-state index in [0.717, 1.165) is 50.4 Å². The fourth-order valence-corrected chi connectivity index (χ4v) is 5.70. The van der Waals surface area contributed by atoms with Crippen LogP contribution in [0.4, 0.5) is 17.2 Å². The second kappa shape index (κ2) is 8.47. The lowest BCUT2D eigenvalue weighted by Gasteiger charge is -2.42. The third-order valence-electron chi connectivity index (χ3n) is 7.51. The Labute approximate surface area is 201 Å². The smallest absolute Gasteiger partial charge is 0.163 e. The Morgan fingerprint density at radius 2 is 1.85 bits per heavy atom. The molecule has 1 atom stereocenters. The number of benzene rings is 2. The van der Waals surface area contributed by atoms with Gasteiger partial charge in [0.2, 0.25) is 0 Å². The summed E-state index contributed by atoms with van der Waals surface area (Å²) in [7, 11) is 2.03. The molecule has 176 valence electrons. The van der Waals surface area contributed by atoms with E-state index in [4.69, 9.17) is 10.2 Å². The average molecular weight is 456 g/mol. The van der Waals surface area contributed by atoms with Gasteiger partial charge in [-0.15, -0.1) is 0 Å². The number of aromatic nitrogens is 4. The lowest BCUT2D eigenvalue weighted by molar-refractivity contribution is 0.343. The van der Waals surface area contributed by atoms with Crippen molar-refractivity contribution in [1.29, 1.82) is 0 Å². The molecule has 6 rings (SSSR count). The molecule has 0 amide bonds. The number of nitrogens with zero attached hydrogens (tertiary/aromatic N) is 6. The topological polar surface area (TPSA) is 54.2 Å². The molecule has 2 aromatic carbocycles.